The first-order valence-corrected chi connectivity index (χ1v) is 8.97. The third-order valence-electron chi connectivity index (χ3n) is 5.88. The Balaban J connectivity index is 0.00000196. The van der Waals surface area contributed by atoms with Gasteiger partial charge in [-0.2, -0.15) is 0 Å². The predicted molar refractivity (Wildman–Crippen MR) is 99.3 cm³/mol. The summed E-state index contributed by atoms with van der Waals surface area (Å²) in [6, 6.07) is 4.65. The highest BCUT2D eigenvalue weighted by Gasteiger charge is 2.46. The van der Waals surface area contributed by atoms with Crippen LogP contribution in [0.3, 0.4) is 0 Å². The summed E-state index contributed by atoms with van der Waals surface area (Å²) in [6.07, 6.45) is 1.63. The lowest BCUT2D eigenvalue weighted by atomic mass is 9.78. The minimum atomic E-state index is -0.535. The maximum absolute atomic E-state index is 13.2. The van der Waals surface area contributed by atoms with E-state index in [1.165, 1.54) is 6.07 Å². The molecule has 3 aliphatic rings. The first-order chi connectivity index (χ1) is 12.0. The number of hydrogen-bond acceptors (Lipinski definition) is 4. The van der Waals surface area contributed by atoms with Crippen molar-refractivity contribution in [3.05, 3.63) is 34.2 Å². The van der Waals surface area contributed by atoms with Gasteiger partial charge in [-0.05, 0) is 18.9 Å². The molecule has 2 bridgehead atoms. The van der Waals surface area contributed by atoms with Crippen LogP contribution in [-0.4, -0.2) is 58.4 Å². The lowest BCUT2D eigenvalue weighted by Gasteiger charge is -2.46. The van der Waals surface area contributed by atoms with Crippen LogP contribution in [0, 0.1) is 5.92 Å². The summed E-state index contributed by atoms with van der Waals surface area (Å²) < 4.78 is 1.68. The Morgan fingerprint density at radius 3 is 2.58 bits per heavy atom. The summed E-state index contributed by atoms with van der Waals surface area (Å²) in [7, 11) is 0. The molecule has 0 unspecified atom stereocenters. The van der Waals surface area contributed by atoms with Gasteiger partial charge in [0.25, 0.3) is 5.56 Å². The van der Waals surface area contributed by atoms with Crippen LogP contribution in [0.5, 0.6) is 0 Å². The van der Waals surface area contributed by atoms with Crippen molar-refractivity contribution in [2.75, 3.05) is 26.2 Å². The smallest absolute Gasteiger partial charge is 0.251 e. The van der Waals surface area contributed by atoms with Gasteiger partial charge in [-0.1, -0.05) is 6.07 Å². The average Bonchev–Trinajstić information content (AvgIpc) is 3.02. The zero-order valence-electron chi connectivity index (χ0n) is 14.8. The summed E-state index contributed by atoms with van der Waals surface area (Å²) in [5.74, 6) is 0.0770. The zero-order chi connectivity index (χ0) is 17.7. The van der Waals surface area contributed by atoms with Crippen LogP contribution in [0.4, 0.5) is 0 Å². The predicted octanol–water partition coefficient (Wildman–Crippen LogP) is 0.336. The number of aromatic nitrogens is 1. The van der Waals surface area contributed by atoms with Crippen molar-refractivity contribution in [3.63, 3.8) is 0 Å². The van der Waals surface area contributed by atoms with Gasteiger partial charge in [0.1, 0.15) is 6.04 Å². The lowest BCUT2D eigenvalue weighted by molar-refractivity contribution is -0.140. The second-order valence-electron chi connectivity index (χ2n) is 7.55. The second-order valence-corrected chi connectivity index (χ2v) is 7.55. The molecule has 0 spiro atoms. The van der Waals surface area contributed by atoms with E-state index in [0.29, 0.717) is 26.2 Å². The molecule has 1 aromatic heterocycles. The monoisotopic (exact) mass is 380 g/mol. The Kier molecular flexibility index (Phi) is 5.12. The molecule has 4 heterocycles. The van der Waals surface area contributed by atoms with Crippen LogP contribution >= 0.6 is 12.4 Å². The lowest BCUT2D eigenvalue weighted by Crippen LogP contribution is -2.54. The minimum absolute atomic E-state index is 0. The molecule has 4 rings (SSSR count). The molecule has 7 nitrogen and oxygen atoms in total. The standard InChI is InChI=1S/C18H24N4O3.ClH/c1-11(23)21-8-12-7-13(9-21)17(18(25)20-6-5-14(19)10-20)22-15(12)3-2-4-16(22)24;/h2-4,12-14,17H,5-10,19H2,1H3;1H/t12-,13+,14-,17-;/m1./s1. The van der Waals surface area contributed by atoms with E-state index in [9.17, 15) is 14.4 Å². The van der Waals surface area contributed by atoms with Crippen LogP contribution in [0.25, 0.3) is 0 Å². The summed E-state index contributed by atoms with van der Waals surface area (Å²) in [5.41, 5.74) is 6.70. The molecule has 1 aromatic rings. The van der Waals surface area contributed by atoms with Gasteiger partial charge in [0.2, 0.25) is 11.8 Å². The maximum atomic E-state index is 13.2. The molecule has 0 aliphatic carbocycles. The van der Waals surface area contributed by atoms with Gasteiger partial charge in [-0.15, -0.1) is 12.4 Å². The Morgan fingerprint density at radius 1 is 1.15 bits per heavy atom. The van der Waals surface area contributed by atoms with E-state index >= 15 is 0 Å². The van der Waals surface area contributed by atoms with E-state index in [0.717, 1.165) is 18.5 Å². The molecular weight excluding hydrogens is 356 g/mol. The molecule has 2 saturated heterocycles. The molecular formula is C18H25ClN4O3. The Bertz CT molecular complexity index is 780. The van der Waals surface area contributed by atoms with Crippen LogP contribution in [0.15, 0.2) is 23.0 Å². The summed E-state index contributed by atoms with van der Waals surface area (Å²) in [5, 5.41) is 0. The molecule has 2 N–H and O–H groups in total. The molecule has 0 saturated carbocycles. The number of fused-ring (bicyclic) bond motifs is 4. The highest BCUT2D eigenvalue weighted by atomic mass is 35.5. The highest BCUT2D eigenvalue weighted by Crippen LogP contribution is 2.42. The number of piperidine rings is 1. The third-order valence-corrected chi connectivity index (χ3v) is 5.88. The number of hydrogen-bond donors (Lipinski definition) is 1. The SMILES string of the molecule is CC(=O)N1C[C@H]2C[C@@H](C1)[C@H](C(=O)N1CC[C@@H](N)C1)n1c2cccc1=O.Cl. The van der Waals surface area contributed by atoms with E-state index in [2.05, 4.69) is 0 Å². The Morgan fingerprint density at radius 2 is 1.92 bits per heavy atom. The van der Waals surface area contributed by atoms with E-state index in [4.69, 9.17) is 5.73 Å². The number of carbonyl (C=O) groups excluding carboxylic acids is 2. The molecule has 2 amide bonds. The summed E-state index contributed by atoms with van der Waals surface area (Å²) in [4.78, 5) is 41.4. The zero-order valence-corrected chi connectivity index (χ0v) is 15.7. The first-order valence-electron chi connectivity index (χ1n) is 8.97. The fourth-order valence-electron chi connectivity index (χ4n) is 4.68. The highest BCUT2D eigenvalue weighted by molar-refractivity contribution is 5.85. The van der Waals surface area contributed by atoms with Crippen LogP contribution in [-0.2, 0) is 9.59 Å². The van der Waals surface area contributed by atoms with E-state index in [-0.39, 0.29) is 47.7 Å². The normalized spacial score (nSPS) is 29.8. The number of nitrogens with zero attached hydrogens (tertiary/aromatic N) is 3. The topological polar surface area (TPSA) is 88.6 Å². The van der Waals surface area contributed by atoms with E-state index in [1.54, 1.807) is 22.5 Å². The van der Waals surface area contributed by atoms with Crippen molar-refractivity contribution in [2.24, 2.45) is 11.7 Å². The third kappa shape index (κ3) is 3.03. The number of nitrogens with two attached hydrogens (primary N) is 1. The largest absolute Gasteiger partial charge is 0.342 e. The van der Waals surface area contributed by atoms with Crippen molar-refractivity contribution in [1.29, 1.82) is 0 Å². The first kappa shape index (κ1) is 18.9. The van der Waals surface area contributed by atoms with Gasteiger partial charge in [-0.25, -0.2) is 0 Å². The van der Waals surface area contributed by atoms with Gasteiger partial charge in [0.05, 0.1) is 0 Å². The van der Waals surface area contributed by atoms with Gasteiger partial charge >= 0.3 is 0 Å². The van der Waals surface area contributed by atoms with E-state index < -0.39 is 6.04 Å². The number of rotatable bonds is 1. The van der Waals surface area contributed by atoms with E-state index in [1.807, 2.05) is 11.0 Å². The van der Waals surface area contributed by atoms with Crippen LogP contribution in [0.2, 0.25) is 0 Å². The Hall–Kier alpha value is -1.86. The summed E-state index contributed by atoms with van der Waals surface area (Å²) in [6.45, 7) is 3.89. The van der Waals surface area contributed by atoms with Gasteiger partial charge < -0.3 is 15.5 Å². The van der Waals surface area contributed by atoms with Gasteiger partial charge in [-0.3, -0.25) is 19.0 Å². The van der Waals surface area contributed by atoms with Gasteiger partial charge in [0, 0.05) is 62.7 Å². The van der Waals surface area contributed by atoms with Gasteiger partial charge in [0.15, 0.2) is 0 Å². The average molecular weight is 381 g/mol. The molecule has 4 atom stereocenters. The van der Waals surface area contributed by atoms with Crippen molar-refractivity contribution < 1.29 is 9.59 Å². The van der Waals surface area contributed by atoms with Crippen molar-refractivity contribution in [2.45, 2.75) is 37.8 Å². The quantitative estimate of drug-likeness (QED) is 0.760. The molecule has 142 valence electrons. The molecule has 8 heteroatoms. The number of amides is 2. The second kappa shape index (κ2) is 7.04. The Labute approximate surface area is 158 Å². The molecule has 2 fully saturated rings. The number of carbonyl (C=O) groups is 2. The van der Waals surface area contributed by atoms with Crippen molar-refractivity contribution in [3.8, 4) is 0 Å². The fourth-order valence-corrected chi connectivity index (χ4v) is 4.68. The molecule has 26 heavy (non-hydrogen) atoms. The molecule has 3 aliphatic heterocycles. The minimum Gasteiger partial charge on any atom is -0.342 e. The number of pyridine rings is 1. The maximum Gasteiger partial charge on any atom is 0.251 e. The van der Waals surface area contributed by atoms with Crippen molar-refractivity contribution >= 4 is 24.2 Å². The van der Waals surface area contributed by atoms with Crippen molar-refractivity contribution in [1.82, 2.24) is 14.4 Å². The summed E-state index contributed by atoms with van der Waals surface area (Å²) >= 11 is 0. The molecule has 0 radical (unpaired) electrons. The molecule has 0 aromatic carbocycles. The number of halogens is 1. The number of likely N-dealkylation sites (tertiary alicyclic amines) is 2. The van der Waals surface area contributed by atoms with Crippen LogP contribution in [0.1, 0.15) is 37.4 Å². The fraction of sp³-hybridized carbons (Fsp3) is 0.611. The van der Waals surface area contributed by atoms with Crippen LogP contribution < -0.4 is 11.3 Å².